The third kappa shape index (κ3) is 2.04. The SMILES string of the molecule is CC1CN(c2ccncc2)CC(C)O1. The molecule has 0 N–H and O–H groups in total. The van der Waals surface area contributed by atoms with E-state index >= 15 is 0 Å². The summed E-state index contributed by atoms with van der Waals surface area (Å²) in [5.41, 5.74) is 1.24. The molecule has 0 amide bonds. The number of pyridine rings is 1. The van der Waals surface area contributed by atoms with Crippen LogP contribution in [-0.4, -0.2) is 30.3 Å². The van der Waals surface area contributed by atoms with E-state index in [4.69, 9.17) is 4.74 Å². The van der Waals surface area contributed by atoms with Gasteiger partial charge in [-0.15, -0.1) is 0 Å². The summed E-state index contributed by atoms with van der Waals surface area (Å²) < 4.78 is 5.68. The van der Waals surface area contributed by atoms with Crippen LogP contribution in [0.15, 0.2) is 24.5 Å². The Hall–Kier alpha value is -1.09. The third-order valence-corrected chi connectivity index (χ3v) is 2.45. The fraction of sp³-hybridized carbons (Fsp3) is 0.545. The number of aromatic nitrogens is 1. The number of nitrogens with zero attached hydrogens (tertiary/aromatic N) is 2. The summed E-state index contributed by atoms with van der Waals surface area (Å²) in [7, 11) is 0. The van der Waals surface area contributed by atoms with Gasteiger partial charge in [-0.1, -0.05) is 0 Å². The molecule has 1 fully saturated rings. The number of hydrogen-bond acceptors (Lipinski definition) is 3. The first-order chi connectivity index (χ1) is 6.75. The molecule has 76 valence electrons. The Balaban J connectivity index is 2.11. The van der Waals surface area contributed by atoms with E-state index in [1.165, 1.54) is 5.69 Å². The molecule has 0 aliphatic carbocycles. The van der Waals surface area contributed by atoms with Crippen LogP contribution < -0.4 is 4.90 Å². The molecular formula is C11H16N2O. The van der Waals surface area contributed by atoms with Crippen molar-refractivity contribution in [3.63, 3.8) is 0 Å². The minimum atomic E-state index is 0.312. The van der Waals surface area contributed by atoms with Crippen molar-refractivity contribution in [2.75, 3.05) is 18.0 Å². The highest BCUT2D eigenvalue weighted by molar-refractivity contribution is 5.45. The third-order valence-electron chi connectivity index (χ3n) is 2.45. The van der Waals surface area contributed by atoms with Crippen LogP contribution in [0.25, 0.3) is 0 Å². The van der Waals surface area contributed by atoms with Crippen LogP contribution in [0.3, 0.4) is 0 Å². The van der Waals surface area contributed by atoms with Gasteiger partial charge in [0.1, 0.15) is 0 Å². The molecule has 2 unspecified atom stereocenters. The highest BCUT2D eigenvalue weighted by atomic mass is 16.5. The van der Waals surface area contributed by atoms with Crippen LogP contribution in [0.5, 0.6) is 0 Å². The van der Waals surface area contributed by atoms with Crippen LogP contribution >= 0.6 is 0 Å². The van der Waals surface area contributed by atoms with Crippen molar-refractivity contribution < 1.29 is 4.74 Å². The first kappa shape index (κ1) is 9.46. The van der Waals surface area contributed by atoms with Crippen LogP contribution in [0.1, 0.15) is 13.8 Å². The molecule has 0 aromatic carbocycles. The van der Waals surface area contributed by atoms with Crippen LogP contribution in [0, 0.1) is 0 Å². The predicted molar refractivity (Wildman–Crippen MR) is 56.5 cm³/mol. The van der Waals surface area contributed by atoms with Gasteiger partial charge in [-0.05, 0) is 26.0 Å². The molecule has 1 aromatic heterocycles. The van der Waals surface area contributed by atoms with Gasteiger partial charge >= 0.3 is 0 Å². The monoisotopic (exact) mass is 192 g/mol. The van der Waals surface area contributed by atoms with Crippen LogP contribution in [0.2, 0.25) is 0 Å². The van der Waals surface area contributed by atoms with Gasteiger partial charge in [0.2, 0.25) is 0 Å². The fourth-order valence-electron chi connectivity index (χ4n) is 1.94. The highest BCUT2D eigenvalue weighted by Gasteiger charge is 2.21. The highest BCUT2D eigenvalue weighted by Crippen LogP contribution is 2.18. The lowest BCUT2D eigenvalue weighted by Gasteiger charge is -2.36. The number of hydrogen-bond donors (Lipinski definition) is 0. The first-order valence-electron chi connectivity index (χ1n) is 5.06. The van der Waals surface area contributed by atoms with Gasteiger partial charge in [0.15, 0.2) is 0 Å². The summed E-state index contributed by atoms with van der Waals surface area (Å²) >= 11 is 0. The predicted octanol–water partition coefficient (Wildman–Crippen LogP) is 1.70. The Labute approximate surface area is 84.7 Å². The molecule has 0 spiro atoms. The maximum absolute atomic E-state index is 5.68. The summed E-state index contributed by atoms with van der Waals surface area (Å²) in [6.07, 6.45) is 4.29. The first-order valence-corrected chi connectivity index (χ1v) is 5.06. The molecule has 0 bridgehead atoms. The molecule has 2 heterocycles. The smallest absolute Gasteiger partial charge is 0.0726 e. The molecular weight excluding hydrogens is 176 g/mol. The molecule has 14 heavy (non-hydrogen) atoms. The van der Waals surface area contributed by atoms with Crippen molar-refractivity contribution in [3.05, 3.63) is 24.5 Å². The second-order valence-electron chi connectivity index (χ2n) is 3.87. The molecule has 1 saturated heterocycles. The molecule has 1 aromatic rings. The second-order valence-corrected chi connectivity index (χ2v) is 3.87. The minimum absolute atomic E-state index is 0.312. The topological polar surface area (TPSA) is 25.4 Å². The average molecular weight is 192 g/mol. The molecule has 0 radical (unpaired) electrons. The van der Waals surface area contributed by atoms with Crippen molar-refractivity contribution in [2.24, 2.45) is 0 Å². The zero-order valence-corrected chi connectivity index (χ0v) is 8.68. The van der Waals surface area contributed by atoms with Gasteiger partial charge in [-0.2, -0.15) is 0 Å². The Kier molecular flexibility index (Phi) is 2.68. The number of morpholine rings is 1. The van der Waals surface area contributed by atoms with Crippen LogP contribution in [0.4, 0.5) is 5.69 Å². The van der Waals surface area contributed by atoms with Crippen molar-refractivity contribution >= 4 is 5.69 Å². The number of rotatable bonds is 1. The average Bonchev–Trinajstić information content (AvgIpc) is 2.18. The van der Waals surface area contributed by atoms with E-state index in [1.54, 1.807) is 0 Å². The summed E-state index contributed by atoms with van der Waals surface area (Å²) in [4.78, 5) is 6.37. The number of anilines is 1. The van der Waals surface area contributed by atoms with Crippen molar-refractivity contribution in [3.8, 4) is 0 Å². The summed E-state index contributed by atoms with van der Waals surface area (Å²) in [6, 6.07) is 4.09. The molecule has 3 nitrogen and oxygen atoms in total. The van der Waals surface area contributed by atoms with Gasteiger partial charge in [-0.3, -0.25) is 4.98 Å². The Morgan fingerprint density at radius 3 is 2.36 bits per heavy atom. The van der Waals surface area contributed by atoms with Gasteiger partial charge in [0.05, 0.1) is 12.2 Å². The standard InChI is InChI=1S/C11H16N2O/c1-9-7-13(8-10(2)14-9)11-3-5-12-6-4-11/h3-6,9-10H,7-8H2,1-2H3. The van der Waals surface area contributed by atoms with Gasteiger partial charge in [0, 0.05) is 31.2 Å². The van der Waals surface area contributed by atoms with E-state index in [-0.39, 0.29) is 0 Å². The van der Waals surface area contributed by atoms with Gasteiger partial charge in [0.25, 0.3) is 0 Å². The minimum Gasteiger partial charge on any atom is -0.372 e. The maximum atomic E-state index is 5.68. The lowest BCUT2D eigenvalue weighted by Crippen LogP contribution is -2.45. The van der Waals surface area contributed by atoms with E-state index in [0.29, 0.717) is 12.2 Å². The lowest BCUT2D eigenvalue weighted by molar-refractivity contribution is -0.00522. The fourth-order valence-corrected chi connectivity index (χ4v) is 1.94. The van der Waals surface area contributed by atoms with Gasteiger partial charge < -0.3 is 9.64 Å². The van der Waals surface area contributed by atoms with Crippen molar-refractivity contribution in [2.45, 2.75) is 26.1 Å². The van der Waals surface area contributed by atoms with E-state index in [9.17, 15) is 0 Å². The van der Waals surface area contributed by atoms with Crippen molar-refractivity contribution in [1.82, 2.24) is 4.98 Å². The number of ether oxygens (including phenoxy) is 1. The molecule has 1 aliphatic rings. The maximum Gasteiger partial charge on any atom is 0.0726 e. The summed E-state index contributed by atoms with van der Waals surface area (Å²) in [5, 5.41) is 0. The summed E-state index contributed by atoms with van der Waals surface area (Å²) in [6.45, 7) is 6.16. The largest absolute Gasteiger partial charge is 0.372 e. The van der Waals surface area contributed by atoms with E-state index in [0.717, 1.165) is 13.1 Å². The second kappa shape index (κ2) is 3.96. The molecule has 2 atom stereocenters. The molecule has 3 heteroatoms. The normalized spacial score (nSPS) is 27.7. The molecule has 1 aliphatic heterocycles. The quantitative estimate of drug-likeness (QED) is 0.677. The van der Waals surface area contributed by atoms with Gasteiger partial charge in [-0.25, -0.2) is 0 Å². The Bertz CT molecular complexity index is 279. The van der Waals surface area contributed by atoms with Crippen molar-refractivity contribution in [1.29, 1.82) is 0 Å². The zero-order chi connectivity index (χ0) is 9.97. The van der Waals surface area contributed by atoms with Crippen LogP contribution in [-0.2, 0) is 4.74 Å². The molecule has 2 rings (SSSR count). The summed E-state index contributed by atoms with van der Waals surface area (Å²) in [5.74, 6) is 0. The Morgan fingerprint density at radius 1 is 1.21 bits per heavy atom. The Morgan fingerprint density at radius 2 is 1.79 bits per heavy atom. The van der Waals surface area contributed by atoms with E-state index in [2.05, 4.69) is 23.7 Å². The van der Waals surface area contributed by atoms with E-state index < -0.39 is 0 Å². The zero-order valence-electron chi connectivity index (χ0n) is 8.68. The lowest BCUT2D eigenvalue weighted by atomic mass is 10.2. The molecule has 0 saturated carbocycles. The van der Waals surface area contributed by atoms with E-state index in [1.807, 2.05) is 24.5 Å².